The van der Waals surface area contributed by atoms with Gasteiger partial charge in [0, 0.05) is 6.54 Å². The van der Waals surface area contributed by atoms with Crippen LogP contribution in [0.5, 0.6) is 0 Å². The van der Waals surface area contributed by atoms with Crippen LogP contribution < -0.4 is 16.1 Å². The summed E-state index contributed by atoms with van der Waals surface area (Å²) in [5, 5.41) is 5.06. The summed E-state index contributed by atoms with van der Waals surface area (Å²) in [7, 11) is -3.11. The third-order valence-electron chi connectivity index (χ3n) is 2.63. The summed E-state index contributed by atoms with van der Waals surface area (Å²) < 4.78 is 11.1. The number of rotatable bonds is 4. The van der Waals surface area contributed by atoms with Gasteiger partial charge in [-0.3, -0.25) is 15.6 Å². The van der Waals surface area contributed by atoms with E-state index in [4.69, 9.17) is 11.0 Å². The Morgan fingerprint density at radius 1 is 1.06 bits per heavy atom. The van der Waals surface area contributed by atoms with Gasteiger partial charge in [-0.25, -0.2) is 5.09 Å². The molecule has 5 heteroatoms. The molecule has 0 saturated heterocycles. The second-order valence-electron chi connectivity index (χ2n) is 4.01. The maximum atomic E-state index is 11.1. The van der Waals surface area contributed by atoms with Crippen molar-refractivity contribution in [1.29, 1.82) is 0 Å². The molecule has 0 spiro atoms. The molecule has 0 aliphatic rings. The first-order chi connectivity index (χ1) is 8.06. The van der Waals surface area contributed by atoms with E-state index in [0.717, 1.165) is 6.42 Å². The van der Waals surface area contributed by atoms with Crippen LogP contribution in [0.25, 0.3) is 10.8 Å². The number of nitrogens with two attached hydrogens (primary N) is 2. The van der Waals surface area contributed by atoms with Gasteiger partial charge in [-0.05, 0) is 22.8 Å². The zero-order valence-electron chi connectivity index (χ0n) is 9.47. The first-order valence-electron chi connectivity index (χ1n) is 5.45. The number of hydrogen-bond acceptors (Lipinski definition) is 1. The van der Waals surface area contributed by atoms with Gasteiger partial charge in [-0.15, -0.1) is 0 Å². The van der Waals surface area contributed by atoms with E-state index in [0.29, 0.717) is 6.54 Å². The van der Waals surface area contributed by atoms with E-state index in [1.54, 1.807) is 0 Å². The Morgan fingerprint density at radius 2 is 1.76 bits per heavy atom. The average Bonchev–Trinajstić information content (AvgIpc) is 2.28. The van der Waals surface area contributed by atoms with Crippen LogP contribution in [0.1, 0.15) is 5.56 Å². The lowest BCUT2D eigenvalue weighted by Gasteiger charge is -2.10. The second-order valence-corrected chi connectivity index (χ2v) is 5.74. The van der Waals surface area contributed by atoms with Crippen LogP contribution in [0.2, 0.25) is 0 Å². The number of benzene rings is 2. The molecule has 0 radical (unpaired) electrons. The van der Waals surface area contributed by atoms with Gasteiger partial charge in [0.25, 0.3) is 7.59 Å². The molecule has 0 aromatic heterocycles. The van der Waals surface area contributed by atoms with Crippen molar-refractivity contribution in [2.75, 3.05) is 6.54 Å². The van der Waals surface area contributed by atoms with Gasteiger partial charge in [0.15, 0.2) is 0 Å². The smallest absolute Gasteiger partial charge is 0.271 e. The lowest BCUT2D eigenvalue weighted by atomic mass is 10.0. The summed E-state index contributed by atoms with van der Waals surface area (Å²) in [6.45, 7) is 0.512. The minimum atomic E-state index is -3.11. The highest BCUT2D eigenvalue weighted by atomic mass is 31.2. The van der Waals surface area contributed by atoms with Crippen molar-refractivity contribution in [1.82, 2.24) is 5.09 Å². The van der Waals surface area contributed by atoms with Crippen LogP contribution in [-0.4, -0.2) is 6.54 Å². The fourth-order valence-electron chi connectivity index (χ4n) is 1.88. The maximum Gasteiger partial charge on any atom is 0.273 e. The summed E-state index contributed by atoms with van der Waals surface area (Å²) in [6.07, 6.45) is 0.750. The largest absolute Gasteiger partial charge is 0.273 e. The molecule has 0 aliphatic heterocycles. The van der Waals surface area contributed by atoms with Crippen LogP contribution in [0.4, 0.5) is 0 Å². The zero-order valence-corrected chi connectivity index (χ0v) is 10.4. The van der Waals surface area contributed by atoms with Crippen LogP contribution in [0.15, 0.2) is 42.5 Å². The van der Waals surface area contributed by atoms with E-state index in [-0.39, 0.29) is 0 Å². The maximum absolute atomic E-state index is 11.1. The first kappa shape index (κ1) is 12.3. The molecular weight excluding hydrogens is 233 g/mol. The molecule has 0 atom stereocenters. The molecule has 0 heterocycles. The molecule has 4 nitrogen and oxygen atoms in total. The molecule has 90 valence electrons. The third kappa shape index (κ3) is 3.38. The predicted octanol–water partition coefficient (Wildman–Crippen LogP) is 2.00. The zero-order chi connectivity index (χ0) is 12.3. The van der Waals surface area contributed by atoms with Crippen molar-refractivity contribution >= 4 is 18.4 Å². The summed E-state index contributed by atoms with van der Waals surface area (Å²) in [4.78, 5) is 0. The molecule has 0 amide bonds. The Hall–Kier alpha value is -1.19. The molecule has 0 unspecified atom stereocenters. The minimum Gasteiger partial charge on any atom is -0.271 e. The Balaban J connectivity index is 2.16. The van der Waals surface area contributed by atoms with Crippen molar-refractivity contribution < 1.29 is 4.57 Å². The number of nitrogens with one attached hydrogen (secondary N) is 1. The van der Waals surface area contributed by atoms with Gasteiger partial charge in [0.05, 0.1) is 0 Å². The Labute approximate surface area is 101 Å². The van der Waals surface area contributed by atoms with Crippen molar-refractivity contribution in [2.24, 2.45) is 11.0 Å². The highest BCUT2D eigenvalue weighted by Crippen LogP contribution is 2.20. The monoisotopic (exact) mass is 249 g/mol. The molecule has 0 saturated carbocycles. The lowest BCUT2D eigenvalue weighted by Crippen LogP contribution is -2.24. The second kappa shape index (κ2) is 4.98. The van der Waals surface area contributed by atoms with Crippen molar-refractivity contribution in [3.05, 3.63) is 48.0 Å². The lowest BCUT2D eigenvalue weighted by molar-refractivity contribution is 0.566. The molecule has 17 heavy (non-hydrogen) atoms. The van der Waals surface area contributed by atoms with E-state index in [1.165, 1.54) is 16.3 Å². The molecule has 0 fully saturated rings. The van der Waals surface area contributed by atoms with Gasteiger partial charge in [-0.2, -0.15) is 0 Å². The fourth-order valence-corrected chi connectivity index (χ4v) is 2.34. The molecule has 2 aromatic rings. The molecule has 5 N–H and O–H groups in total. The van der Waals surface area contributed by atoms with Crippen molar-refractivity contribution in [3.63, 3.8) is 0 Å². The highest BCUT2D eigenvalue weighted by Gasteiger charge is 2.06. The summed E-state index contributed by atoms with van der Waals surface area (Å²) in [6, 6.07) is 14.3. The van der Waals surface area contributed by atoms with Gasteiger partial charge >= 0.3 is 0 Å². The summed E-state index contributed by atoms with van der Waals surface area (Å²) in [5.41, 5.74) is 11.7. The average molecular weight is 249 g/mol. The Bertz CT molecular complexity index is 559. The predicted molar refractivity (Wildman–Crippen MR) is 71.6 cm³/mol. The van der Waals surface area contributed by atoms with E-state index in [9.17, 15) is 4.57 Å². The van der Waals surface area contributed by atoms with Gasteiger partial charge in [-0.1, -0.05) is 42.5 Å². The van der Waals surface area contributed by atoms with Gasteiger partial charge < -0.3 is 0 Å². The topological polar surface area (TPSA) is 81.1 Å². The van der Waals surface area contributed by atoms with Gasteiger partial charge in [0.2, 0.25) is 0 Å². The van der Waals surface area contributed by atoms with Crippen LogP contribution in [0.3, 0.4) is 0 Å². The molecule has 2 rings (SSSR count). The standard InChI is InChI=1S/C12H16N3OP/c13-17(14,16)15-9-8-11-6-3-5-10-4-1-2-7-12(10)11/h1-7H,8-9H2,(H5,13,14,15,16). The van der Waals surface area contributed by atoms with E-state index < -0.39 is 7.59 Å². The van der Waals surface area contributed by atoms with Crippen LogP contribution in [-0.2, 0) is 11.0 Å². The van der Waals surface area contributed by atoms with Gasteiger partial charge in [0.1, 0.15) is 0 Å². The summed E-state index contributed by atoms with van der Waals surface area (Å²) >= 11 is 0. The first-order valence-corrected chi connectivity index (χ1v) is 7.30. The Kier molecular flexibility index (Phi) is 3.60. The molecule has 0 bridgehead atoms. The summed E-state index contributed by atoms with van der Waals surface area (Å²) in [5.74, 6) is 0. The van der Waals surface area contributed by atoms with Crippen LogP contribution in [0, 0.1) is 0 Å². The normalized spacial score (nSPS) is 11.9. The molecule has 0 aliphatic carbocycles. The van der Waals surface area contributed by atoms with Crippen molar-refractivity contribution in [3.8, 4) is 0 Å². The molecule has 2 aromatic carbocycles. The number of fused-ring (bicyclic) bond motifs is 1. The fraction of sp³-hybridized carbons (Fsp3) is 0.167. The molecular formula is C12H16N3OP. The Morgan fingerprint density at radius 3 is 2.53 bits per heavy atom. The quantitative estimate of drug-likeness (QED) is 0.724. The van der Waals surface area contributed by atoms with E-state index >= 15 is 0 Å². The highest BCUT2D eigenvalue weighted by molar-refractivity contribution is 7.56. The van der Waals surface area contributed by atoms with Crippen LogP contribution >= 0.6 is 7.59 Å². The van der Waals surface area contributed by atoms with Crippen molar-refractivity contribution in [2.45, 2.75) is 6.42 Å². The van der Waals surface area contributed by atoms with E-state index in [2.05, 4.69) is 29.4 Å². The minimum absolute atomic E-state index is 0.512. The SMILES string of the molecule is NP(N)(=O)NCCc1cccc2ccccc12. The number of hydrogen-bond donors (Lipinski definition) is 3. The van der Waals surface area contributed by atoms with E-state index in [1.807, 2.05) is 18.2 Å². The third-order valence-corrected chi connectivity index (χ3v) is 3.35.